The Bertz CT molecular complexity index is 175. The summed E-state index contributed by atoms with van der Waals surface area (Å²) in [6, 6.07) is 0. The van der Waals surface area contributed by atoms with Crippen LogP contribution >= 0.6 is 0 Å². The van der Waals surface area contributed by atoms with Crippen molar-refractivity contribution in [1.82, 2.24) is 0 Å². The summed E-state index contributed by atoms with van der Waals surface area (Å²) < 4.78 is 0. The van der Waals surface area contributed by atoms with E-state index in [1.165, 1.54) is 44.1 Å². The lowest BCUT2D eigenvalue weighted by atomic mass is 9.86. The third-order valence-corrected chi connectivity index (χ3v) is 3.32. The lowest BCUT2D eigenvalue weighted by Crippen LogP contribution is -2.07. The second-order valence-corrected chi connectivity index (χ2v) is 4.08. The average Bonchev–Trinajstić information content (AvgIpc) is 2.62. The normalized spacial score (nSPS) is 27.8. The molecule has 11 heavy (non-hydrogen) atoms. The monoisotopic (exact) mass is 146 g/mol. The molecule has 0 heterocycles. The Morgan fingerprint density at radius 2 is 2.00 bits per heavy atom. The average molecular weight is 146 g/mol. The number of allylic oxidation sites excluding steroid dienone is 2. The largest absolute Gasteiger partial charge is 0.0822 e. The van der Waals surface area contributed by atoms with E-state index in [4.69, 9.17) is 7.85 Å². The van der Waals surface area contributed by atoms with E-state index in [0.29, 0.717) is 5.41 Å². The Hall–Kier alpha value is -0.195. The molecule has 1 heteroatoms. The molecule has 0 unspecified atom stereocenters. The van der Waals surface area contributed by atoms with Gasteiger partial charge in [-0.05, 0) is 31.1 Å². The first kappa shape index (κ1) is 7.45. The van der Waals surface area contributed by atoms with E-state index in [9.17, 15) is 0 Å². The third-order valence-electron chi connectivity index (χ3n) is 3.32. The fourth-order valence-electron chi connectivity index (χ4n) is 2.62. The highest BCUT2D eigenvalue weighted by molar-refractivity contribution is 6.10. The van der Waals surface area contributed by atoms with Gasteiger partial charge in [0.05, 0.1) is 7.85 Å². The molecule has 0 amide bonds. The topological polar surface area (TPSA) is 0 Å². The van der Waals surface area contributed by atoms with Gasteiger partial charge in [0.15, 0.2) is 0 Å². The smallest absolute Gasteiger partial charge is 0.0712 e. The Labute approximate surface area is 70.5 Å². The van der Waals surface area contributed by atoms with Crippen molar-refractivity contribution in [3.8, 4) is 0 Å². The van der Waals surface area contributed by atoms with Gasteiger partial charge in [-0.25, -0.2) is 0 Å². The Morgan fingerprint density at radius 1 is 1.27 bits per heavy atom. The van der Waals surface area contributed by atoms with Crippen LogP contribution in [0.25, 0.3) is 0 Å². The van der Waals surface area contributed by atoms with Crippen molar-refractivity contribution in [2.45, 2.75) is 44.8 Å². The first-order valence-electron chi connectivity index (χ1n) is 4.75. The molecule has 0 aromatic heterocycles. The Balaban J connectivity index is 2.11. The molecule has 2 aliphatic rings. The van der Waals surface area contributed by atoms with Crippen LogP contribution in [0.4, 0.5) is 0 Å². The van der Waals surface area contributed by atoms with E-state index in [0.717, 1.165) is 6.32 Å². The van der Waals surface area contributed by atoms with Gasteiger partial charge in [0, 0.05) is 0 Å². The van der Waals surface area contributed by atoms with Crippen molar-refractivity contribution in [2.75, 3.05) is 0 Å². The van der Waals surface area contributed by atoms with Gasteiger partial charge in [-0.15, -0.1) is 0 Å². The van der Waals surface area contributed by atoms with E-state index in [-0.39, 0.29) is 0 Å². The lowest BCUT2D eigenvalue weighted by molar-refractivity contribution is 0.389. The van der Waals surface area contributed by atoms with Gasteiger partial charge in [-0.3, -0.25) is 0 Å². The van der Waals surface area contributed by atoms with Gasteiger partial charge in [0.1, 0.15) is 0 Å². The Morgan fingerprint density at radius 3 is 2.55 bits per heavy atom. The fraction of sp³-hybridized carbons (Fsp3) is 0.800. The molecule has 58 valence electrons. The molecule has 2 aliphatic carbocycles. The van der Waals surface area contributed by atoms with E-state index >= 15 is 0 Å². The zero-order valence-electron chi connectivity index (χ0n) is 7.10. The molecule has 0 aromatic rings. The molecular weight excluding hydrogens is 131 g/mol. The molecule has 0 saturated heterocycles. The summed E-state index contributed by atoms with van der Waals surface area (Å²) in [5.41, 5.74) is 2.13. The summed E-state index contributed by atoms with van der Waals surface area (Å²) in [6.07, 6.45) is 11.7. The summed E-state index contributed by atoms with van der Waals surface area (Å²) >= 11 is 0. The molecule has 1 fully saturated rings. The van der Waals surface area contributed by atoms with Crippen LogP contribution in [-0.2, 0) is 0 Å². The SMILES string of the molecule is [B]CC1=CC2(CCCC2)CC1. The zero-order valence-corrected chi connectivity index (χ0v) is 7.10. The van der Waals surface area contributed by atoms with Gasteiger partial charge in [0.25, 0.3) is 0 Å². The molecule has 1 spiro atoms. The zero-order chi connectivity index (χ0) is 7.73. The second-order valence-electron chi connectivity index (χ2n) is 4.08. The first-order chi connectivity index (χ1) is 5.35. The van der Waals surface area contributed by atoms with E-state index in [1.54, 1.807) is 0 Å². The summed E-state index contributed by atoms with van der Waals surface area (Å²) in [5, 5.41) is 0. The molecule has 2 radical (unpaired) electrons. The molecule has 0 bridgehead atoms. The van der Waals surface area contributed by atoms with Gasteiger partial charge in [0.2, 0.25) is 0 Å². The maximum absolute atomic E-state index is 5.62. The minimum Gasteiger partial charge on any atom is -0.0822 e. The van der Waals surface area contributed by atoms with Crippen molar-refractivity contribution in [2.24, 2.45) is 5.41 Å². The van der Waals surface area contributed by atoms with Crippen LogP contribution in [0.1, 0.15) is 38.5 Å². The van der Waals surface area contributed by atoms with Crippen LogP contribution in [0.2, 0.25) is 6.32 Å². The molecule has 2 rings (SSSR count). The highest BCUT2D eigenvalue weighted by atomic mass is 14.4. The number of hydrogen-bond acceptors (Lipinski definition) is 0. The predicted molar refractivity (Wildman–Crippen MR) is 48.8 cm³/mol. The van der Waals surface area contributed by atoms with E-state index in [1.807, 2.05) is 0 Å². The summed E-state index contributed by atoms with van der Waals surface area (Å²) in [7, 11) is 5.62. The maximum atomic E-state index is 5.62. The molecule has 0 N–H and O–H groups in total. The highest BCUT2D eigenvalue weighted by Gasteiger charge is 2.34. The van der Waals surface area contributed by atoms with Crippen molar-refractivity contribution >= 4 is 7.85 Å². The maximum Gasteiger partial charge on any atom is 0.0712 e. The minimum atomic E-state index is 0.620. The van der Waals surface area contributed by atoms with Gasteiger partial charge in [-0.1, -0.05) is 30.8 Å². The van der Waals surface area contributed by atoms with Gasteiger partial charge in [-0.2, -0.15) is 0 Å². The lowest BCUT2D eigenvalue weighted by Gasteiger charge is -2.18. The minimum absolute atomic E-state index is 0.620. The second kappa shape index (κ2) is 2.69. The predicted octanol–water partition coefficient (Wildman–Crippen LogP) is 2.85. The third kappa shape index (κ3) is 1.26. The summed E-state index contributed by atoms with van der Waals surface area (Å²) in [5.74, 6) is 0. The number of hydrogen-bond donors (Lipinski definition) is 0. The first-order valence-corrected chi connectivity index (χ1v) is 4.75. The van der Waals surface area contributed by atoms with Crippen LogP contribution < -0.4 is 0 Å². The molecule has 1 saturated carbocycles. The van der Waals surface area contributed by atoms with Crippen LogP contribution in [-0.4, -0.2) is 7.85 Å². The fourth-order valence-corrected chi connectivity index (χ4v) is 2.62. The van der Waals surface area contributed by atoms with Crippen LogP contribution in [0, 0.1) is 5.41 Å². The van der Waals surface area contributed by atoms with Crippen molar-refractivity contribution < 1.29 is 0 Å². The Kier molecular flexibility index (Phi) is 1.82. The number of rotatable bonds is 1. The van der Waals surface area contributed by atoms with E-state index in [2.05, 4.69) is 6.08 Å². The standard InChI is InChI=1S/C10H15B/c11-8-9-3-6-10(7-9)4-1-2-5-10/h7H,1-6,8H2. The molecular formula is C10H15B. The quantitative estimate of drug-likeness (QED) is 0.394. The van der Waals surface area contributed by atoms with Gasteiger partial charge >= 0.3 is 0 Å². The van der Waals surface area contributed by atoms with Crippen molar-refractivity contribution in [3.63, 3.8) is 0 Å². The summed E-state index contributed by atoms with van der Waals surface area (Å²) in [4.78, 5) is 0. The molecule has 0 aromatic carbocycles. The highest BCUT2D eigenvalue weighted by Crippen LogP contribution is 2.49. The van der Waals surface area contributed by atoms with Crippen LogP contribution in [0.3, 0.4) is 0 Å². The molecule has 0 nitrogen and oxygen atoms in total. The van der Waals surface area contributed by atoms with Crippen LogP contribution in [0.15, 0.2) is 11.6 Å². The molecule has 0 atom stereocenters. The van der Waals surface area contributed by atoms with Gasteiger partial charge < -0.3 is 0 Å². The summed E-state index contributed by atoms with van der Waals surface area (Å²) in [6.45, 7) is 0. The van der Waals surface area contributed by atoms with Crippen molar-refractivity contribution in [1.29, 1.82) is 0 Å². The van der Waals surface area contributed by atoms with E-state index < -0.39 is 0 Å². The van der Waals surface area contributed by atoms with Crippen molar-refractivity contribution in [3.05, 3.63) is 11.6 Å². The molecule has 0 aliphatic heterocycles. The van der Waals surface area contributed by atoms with Crippen LogP contribution in [0.5, 0.6) is 0 Å².